The van der Waals surface area contributed by atoms with Crippen LogP contribution in [0.1, 0.15) is 26.7 Å². The summed E-state index contributed by atoms with van der Waals surface area (Å²) in [5.41, 5.74) is 0. The first-order chi connectivity index (χ1) is 5.56. The van der Waals surface area contributed by atoms with E-state index < -0.39 is 17.0 Å². The van der Waals surface area contributed by atoms with Crippen LogP contribution < -0.4 is 0 Å². The van der Waals surface area contributed by atoms with Gasteiger partial charge in [-0.05, 0) is 6.42 Å². The molecule has 0 saturated heterocycles. The number of hydrogen-bond acceptors (Lipinski definition) is 4. The van der Waals surface area contributed by atoms with Gasteiger partial charge < -0.3 is 4.74 Å². The highest BCUT2D eigenvalue weighted by Crippen LogP contribution is 2.02. The van der Waals surface area contributed by atoms with Crippen molar-refractivity contribution in [3.05, 3.63) is 10.1 Å². The summed E-state index contributed by atoms with van der Waals surface area (Å²) in [5.74, 6) is -0.463. The van der Waals surface area contributed by atoms with Gasteiger partial charge in [0.1, 0.15) is 0 Å². The highest BCUT2D eigenvalue weighted by molar-refractivity contribution is 5.66. The van der Waals surface area contributed by atoms with Gasteiger partial charge in [-0.1, -0.05) is 13.3 Å². The van der Waals surface area contributed by atoms with Crippen LogP contribution in [0.4, 0.5) is 0 Å². The molecular weight excluding hydrogens is 162 g/mol. The van der Waals surface area contributed by atoms with Gasteiger partial charge >= 0.3 is 5.97 Å². The molecule has 0 radical (unpaired) electrons. The van der Waals surface area contributed by atoms with E-state index in [1.54, 1.807) is 0 Å². The molecule has 0 rings (SSSR count). The minimum absolute atomic E-state index is 0.298. The van der Waals surface area contributed by atoms with E-state index in [4.69, 9.17) is 4.74 Å². The van der Waals surface area contributed by atoms with Gasteiger partial charge in [0.05, 0.1) is 0 Å². The quantitative estimate of drug-likeness (QED) is 0.355. The van der Waals surface area contributed by atoms with Crippen LogP contribution in [-0.2, 0) is 9.53 Å². The Balaban J connectivity index is 3.85. The molecule has 1 unspecified atom stereocenters. The Labute approximate surface area is 70.9 Å². The smallest absolute Gasteiger partial charge is 0.303 e. The van der Waals surface area contributed by atoms with Gasteiger partial charge in [-0.3, -0.25) is 14.9 Å². The standard InChI is InChI=1S/C7H13NO4/c1-3-4-7(5-8(10)11)12-6(2)9/h7H,3-5H2,1-2H3. The van der Waals surface area contributed by atoms with Crippen LogP contribution in [0.2, 0.25) is 0 Å². The number of esters is 1. The van der Waals surface area contributed by atoms with Crippen LogP contribution in [0.5, 0.6) is 0 Å². The molecular formula is C7H13NO4. The third-order valence-electron chi connectivity index (χ3n) is 1.30. The number of carbonyl (C=O) groups excluding carboxylic acids is 1. The van der Waals surface area contributed by atoms with E-state index in [-0.39, 0.29) is 6.54 Å². The number of rotatable bonds is 5. The Bertz CT molecular complexity index is 153. The molecule has 0 bridgehead atoms. The molecule has 0 N–H and O–H groups in total. The molecule has 0 aliphatic heterocycles. The lowest BCUT2D eigenvalue weighted by molar-refractivity contribution is -0.490. The molecule has 0 aromatic heterocycles. The minimum Gasteiger partial charge on any atom is -0.456 e. The van der Waals surface area contributed by atoms with E-state index in [0.717, 1.165) is 6.42 Å². The molecule has 0 fully saturated rings. The maximum Gasteiger partial charge on any atom is 0.303 e. The topological polar surface area (TPSA) is 69.4 Å². The van der Waals surface area contributed by atoms with Crippen LogP contribution in [0, 0.1) is 10.1 Å². The monoisotopic (exact) mass is 175 g/mol. The van der Waals surface area contributed by atoms with E-state index in [1.165, 1.54) is 6.92 Å². The summed E-state index contributed by atoms with van der Waals surface area (Å²) in [6, 6.07) is 0. The fourth-order valence-electron chi connectivity index (χ4n) is 0.910. The lowest BCUT2D eigenvalue weighted by atomic mass is 10.2. The fraction of sp³-hybridized carbons (Fsp3) is 0.857. The summed E-state index contributed by atoms with van der Waals surface area (Å²) in [7, 11) is 0. The maximum absolute atomic E-state index is 10.5. The van der Waals surface area contributed by atoms with Crippen molar-refractivity contribution in [3.63, 3.8) is 0 Å². The Morgan fingerprint density at radius 2 is 2.25 bits per heavy atom. The number of ether oxygens (including phenoxy) is 1. The second-order valence-electron chi connectivity index (χ2n) is 2.54. The second-order valence-corrected chi connectivity index (χ2v) is 2.54. The maximum atomic E-state index is 10.5. The molecule has 5 nitrogen and oxygen atoms in total. The van der Waals surface area contributed by atoms with Crippen molar-refractivity contribution in [1.29, 1.82) is 0 Å². The molecule has 0 saturated carbocycles. The van der Waals surface area contributed by atoms with Gasteiger partial charge in [-0.25, -0.2) is 0 Å². The van der Waals surface area contributed by atoms with Crippen molar-refractivity contribution >= 4 is 5.97 Å². The summed E-state index contributed by atoms with van der Waals surface area (Å²) in [6.45, 7) is 2.84. The summed E-state index contributed by atoms with van der Waals surface area (Å²) in [5, 5.41) is 10.1. The summed E-state index contributed by atoms with van der Waals surface area (Å²) in [6.07, 6.45) is 0.745. The molecule has 5 heteroatoms. The molecule has 0 spiro atoms. The van der Waals surface area contributed by atoms with Gasteiger partial charge in [0.2, 0.25) is 6.54 Å². The first-order valence-electron chi connectivity index (χ1n) is 3.85. The molecule has 0 aliphatic rings. The van der Waals surface area contributed by atoms with Crippen LogP contribution in [-0.4, -0.2) is 23.5 Å². The predicted octanol–water partition coefficient (Wildman–Crippen LogP) is 0.995. The SMILES string of the molecule is CCCC(C[N+](=O)[O-])OC(C)=O. The average Bonchev–Trinajstić information content (AvgIpc) is 1.84. The van der Waals surface area contributed by atoms with E-state index in [9.17, 15) is 14.9 Å². The third kappa shape index (κ3) is 5.64. The van der Waals surface area contributed by atoms with Crippen molar-refractivity contribution in [2.24, 2.45) is 0 Å². The average molecular weight is 175 g/mol. The van der Waals surface area contributed by atoms with E-state index in [2.05, 4.69) is 0 Å². The summed E-state index contributed by atoms with van der Waals surface area (Å²) < 4.78 is 4.72. The normalized spacial score (nSPS) is 12.2. The second kappa shape index (κ2) is 5.51. The van der Waals surface area contributed by atoms with Gasteiger partial charge in [0, 0.05) is 11.8 Å². The van der Waals surface area contributed by atoms with Gasteiger partial charge in [0.25, 0.3) is 0 Å². The van der Waals surface area contributed by atoms with Crippen molar-refractivity contribution in [2.45, 2.75) is 32.8 Å². The zero-order chi connectivity index (χ0) is 9.56. The van der Waals surface area contributed by atoms with Crippen LogP contribution in [0.15, 0.2) is 0 Å². The Morgan fingerprint density at radius 3 is 2.58 bits per heavy atom. The molecule has 0 aromatic carbocycles. The van der Waals surface area contributed by atoms with Crippen LogP contribution in [0.3, 0.4) is 0 Å². The van der Waals surface area contributed by atoms with Crippen molar-refractivity contribution < 1.29 is 14.5 Å². The summed E-state index contributed by atoms with van der Waals surface area (Å²) in [4.78, 5) is 20.1. The van der Waals surface area contributed by atoms with E-state index >= 15 is 0 Å². The first-order valence-corrected chi connectivity index (χ1v) is 3.85. The van der Waals surface area contributed by atoms with Crippen molar-refractivity contribution in [2.75, 3.05) is 6.54 Å². The molecule has 12 heavy (non-hydrogen) atoms. The number of carbonyl (C=O) groups is 1. The van der Waals surface area contributed by atoms with E-state index in [0.29, 0.717) is 6.42 Å². The van der Waals surface area contributed by atoms with Gasteiger partial charge in [-0.15, -0.1) is 0 Å². The molecule has 0 amide bonds. The summed E-state index contributed by atoms with van der Waals surface area (Å²) >= 11 is 0. The highest BCUT2D eigenvalue weighted by atomic mass is 16.6. The minimum atomic E-state index is -0.567. The molecule has 1 atom stereocenters. The first kappa shape index (κ1) is 10.9. The predicted molar refractivity (Wildman–Crippen MR) is 42.3 cm³/mol. The van der Waals surface area contributed by atoms with Crippen LogP contribution >= 0.6 is 0 Å². The zero-order valence-electron chi connectivity index (χ0n) is 7.28. The lowest BCUT2D eigenvalue weighted by Gasteiger charge is -2.10. The molecule has 0 heterocycles. The third-order valence-corrected chi connectivity index (χ3v) is 1.30. The Hall–Kier alpha value is -1.13. The van der Waals surface area contributed by atoms with Crippen molar-refractivity contribution in [3.8, 4) is 0 Å². The lowest BCUT2D eigenvalue weighted by Crippen LogP contribution is -2.25. The number of hydrogen-bond donors (Lipinski definition) is 0. The van der Waals surface area contributed by atoms with Gasteiger partial charge in [0.15, 0.2) is 6.10 Å². The molecule has 0 aliphatic carbocycles. The Morgan fingerprint density at radius 1 is 1.67 bits per heavy atom. The van der Waals surface area contributed by atoms with Crippen LogP contribution in [0.25, 0.3) is 0 Å². The molecule has 0 aromatic rings. The molecule has 70 valence electrons. The number of nitro groups is 1. The fourth-order valence-corrected chi connectivity index (χ4v) is 0.910. The van der Waals surface area contributed by atoms with E-state index in [1.807, 2.05) is 6.92 Å². The highest BCUT2D eigenvalue weighted by Gasteiger charge is 2.16. The van der Waals surface area contributed by atoms with Gasteiger partial charge in [-0.2, -0.15) is 0 Å². The largest absolute Gasteiger partial charge is 0.456 e. The zero-order valence-corrected chi connectivity index (χ0v) is 7.28. The Kier molecular flexibility index (Phi) is 4.99. The number of nitrogens with zero attached hydrogens (tertiary/aromatic N) is 1. The van der Waals surface area contributed by atoms with Crippen molar-refractivity contribution in [1.82, 2.24) is 0 Å².